The molecule has 0 aromatic heterocycles. The Bertz CT molecular complexity index is 706. The number of hydrogen-bond acceptors (Lipinski definition) is 3. The third-order valence-electron chi connectivity index (χ3n) is 6.47. The summed E-state index contributed by atoms with van der Waals surface area (Å²) in [5.41, 5.74) is 0.588. The van der Waals surface area contributed by atoms with E-state index in [-0.39, 0.29) is 22.7 Å². The molecule has 4 bridgehead atoms. The van der Waals surface area contributed by atoms with E-state index < -0.39 is 6.61 Å². The number of carbonyl (C=O) groups is 1. The van der Waals surface area contributed by atoms with Crippen LogP contribution in [0.15, 0.2) is 24.3 Å². The van der Waals surface area contributed by atoms with Crippen molar-refractivity contribution in [3.05, 3.63) is 29.8 Å². The van der Waals surface area contributed by atoms with Gasteiger partial charge in [-0.05, 0) is 87.0 Å². The SMILES string of the molecule is CCOc1cc(/C=C/C(=O)C23CC4CC(CC(C4)C2)C3)ccc1OC(F)F. The van der Waals surface area contributed by atoms with Gasteiger partial charge in [-0.25, -0.2) is 0 Å². The molecule has 1 aromatic carbocycles. The summed E-state index contributed by atoms with van der Waals surface area (Å²) in [4.78, 5) is 13.1. The Labute approximate surface area is 158 Å². The summed E-state index contributed by atoms with van der Waals surface area (Å²) in [5, 5.41) is 0. The number of ether oxygens (including phenoxy) is 2. The molecule has 0 saturated heterocycles. The maximum atomic E-state index is 13.1. The van der Waals surface area contributed by atoms with E-state index in [9.17, 15) is 13.6 Å². The van der Waals surface area contributed by atoms with Gasteiger partial charge in [0.2, 0.25) is 0 Å². The molecule has 0 amide bonds. The van der Waals surface area contributed by atoms with Crippen molar-refractivity contribution in [3.8, 4) is 11.5 Å². The van der Waals surface area contributed by atoms with Gasteiger partial charge >= 0.3 is 6.61 Å². The molecule has 0 spiro atoms. The minimum absolute atomic E-state index is 0.0106. The topological polar surface area (TPSA) is 35.5 Å². The number of halogens is 2. The van der Waals surface area contributed by atoms with Crippen molar-refractivity contribution in [2.24, 2.45) is 23.2 Å². The van der Waals surface area contributed by atoms with Crippen LogP contribution < -0.4 is 9.47 Å². The molecule has 5 heteroatoms. The monoisotopic (exact) mass is 376 g/mol. The standard InChI is InChI=1S/C22H26F2O3/c1-2-26-19-10-14(3-5-18(19)27-21(23)24)4-6-20(25)22-11-15-7-16(12-22)9-17(8-15)13-22/h3-6,10,15-17,21H,2,7-9,11-13H2,1H3/b6-4+. The normalized spacial score (nSPS) is 31.6. The number of rotatable bonds is 7. The van der Waals surface area contributed by atoms with Crippen LogP contribution in [-0.2, 0) is 4.79 Å². The zero-order valence-corrected chi connectivity index (χ0v) is 15.6. The molecule has 3 nitrogen and oxygen atoms in total. The van der Waals surface area contributed by atoms with Gasteiger partial charge in [0.05, 0.1) is 6.61 Å². The van der Waals surface area contributed by atoms with E-state index in [2.05, 4.69) is 4.74 Å². The minimum atomic E-state index is -2.90. The third-order valence-corrected chi connectivity index (χ3v) is 6.47. The smallest absolute Gasteiger partial charge is 0.387 e. The number of carbonyl (C=O) groups excluding carboxylic acids is 1. The Morgan fingerprint density at radius 1 is 1.15 bits per heavy atom. The maximum absolute atomic E-state index is 13.1. The highest BCUT2D eigenvalue weighted by atomic mass is 19.3. The van der Waals surface area contributed by atoms with Crippen LogP contribution in [0.25, 0.3) is 6.08 Å². The third kappa shape index (κ3) is 3.74. The fraction of sp³-hybridized carbons (Fsp3) is 0.591. The lowest BCUT2D eigenvalue weighted by Gasteiger charge is -2.55. The molecule has 0 radical (unpaired) electrons. The van der Waals surface area contributed by atoms with Crippen LogP contribution in [0.1, 0.15) is 51.0 Å². The van der Waals surface area contributed by atoms with Gasteiger partial charge in [-0.2, -0.15) is 8.78 Å². The molecule has 4 aliphatic rings. The molecule has 0 aliphatic heterocycles. The molecule has 4 saturated carbocycles. The second-order valence-electron chi connectivity index (χ2n) is 8.41. The first-order chi connectivity index (χ1) is 13.0. The van der Waals surface area contributed by atoms with Crippen LogP contribution >= 0.6 is 0 Å². The zero-order valence-electron chi connectivity index (χ0n) is 15.6. The highest BCUT2D eigenvalue weighted by Crippen LogP contribution is 2.60. The fourth-order valence-corrected chi connectivity index (χ4v) is 5.85. The first kappa shape index (κ1) is 18.5. The Hall–Kier alpha value is -1.91. The van der Waals surface area contributed by atoms with Crippen LogP contribution in [0.4, 0.5) is 8.78 Å². The summed E-state index contributed by atoms with van der Waals surface area (Å²) in [5.74, 6) is 2.68. The van der Waals surface area contributed by atoms with Crippen molar-refractivity contribution in [1.29, 1.82) is 0 Å². The molecule has 5 rings (SSSR count). The number of alkyl halides is 2. The molecule has 27 heavy (non-hydrogen) atoms. The molecular formula is C22H26F2O3. The van der Waals surface area contributed by atoms with E-state index in [1.807, 2.05) is 0 Å². The Balaban J connectivity index is 1.50. The van der Waals surface area contributed by atoms with Crippen LogP contribution in [0.5, 0.6) is 11.5 Å². The van der Waals surface area contributed by atoms with Crippen molar-refractivity contribution in [2.75, 3.05) is 6.61 Å². The first-order valence-corrected chi connectivity index (χ1v) is 9.91. The van der Waals surface area contributed by atoms with Gasteiger partial charge in [-0.15, -0.1) is 0 Å². The van der Waals surface area contributed by atoms with E-state index in [0.717, 1.165) is 42.6 Å². The van der Waals surface area contributed by atoms with Gasteiger partial charge in [-0.3, -0.25) is 4.79 Å². The first-order valence-electron chi connectivity index (χ1n) is 9.91. The molecule has 0 heterocycles. The quantitative estimate of drug-likeness (QED) is 0.591. The molecule has 4 aliphatic carbocycles. The summed E-state index contributed by atoms with van der Waals surface area (Å²) in [7, 11) is 0. The zero-order chi connectivity index (χ0) is 19.0. The highest BCUT2D eigenvalue weighted by molar-refractivity contribution is 5.98. The van der Waals surface area contributed by atoms with Crippen LogP contribution in [0.3, 0.4) is 0 Å². The summed E-state index contributed by atoms with van der Waals surface area (Å²) < 4.78 is 34.9. The van der Waals surface area contributed by atoms with Crippen molar-refractivity contribution in [2.45, 2.75) is 52.1 Å². The van der Waals surface area contributed by atoms with Gasteiger partial charge in [0.15, 0.2) is 17.3 Å². The lowest BCUT2D eigenvalue weighted by atomic mass is 9.48. The van der Waals surface area contributed by atoms with Crippen molar-refractivity contribution in [3.63, 3.8) is 0 Å². The molecule has 0 atom stereocenters. The van der Waals surface area contributed by atoms with Crippen LogP contribution in [0, 0.1) is 23.2 Å². The van der Waals surface area contributed by atoms with Crippen molar-refractivity contribution >= 4 is 11.9 Å². The number of benzene rings is 1. The second kappa shape index (κ2) is 7.25. The maximum Gasteiger partial charge on any atom is 0.387 e. The summed E-state index contributed by atoms with van der Waals surface area (Å²) in [6, 6.07) is 4.78. The van der Waals surface area contributed by atoms with E-state index in [1.54, 1.807) is 31.2 Å². The lowest BCUT2D eigenvalue weighted by molar-refractivity contribution is -0.138. The number of hydrogen-bond donors (Lipinski definition) is 0. The molecule has 0 unspecified atom stereocenters. The number of ketones is 1. The predicted molar refractivity (Wildman–Crippen MR) is 98.9 cm³/mol. The van der Waals surface area contributed by atoms with E-state index in [4.69, 9.17) is 4.74 Å². The summed E-state index contributed by atoms with van der Waals surface area (Å²) in [6.45, 7) is -0.771. The van der Waals surface area contributed by atoms with Gasteiger partial charge < -0.3 is 9.47 Å². The minimum Gasteiger partial charge on any atom is -0.490 e. The molecule has 4 fully saturated rings. The number of allylic oxidation sites excluding steroid dienone is 1. The van der Waals surface area contributed by atoms with Crippen LogP contribution in [-0.4, -0.2) is 19.0 Å². The average molecular weight is 376 g/mol. The van der Waals surface area contributed by atoms with Gasteiger partial charge in [-0.1, -0.05) is 12.1 Å². The van der Waals surface area contributed by atoms with Gasteiger partial charge in [0.25, 0.3) is 0 Å². The average Bonchev–Trinajstić information content (AvgIpc) is 2.60. The van der Waals surface area contributed by atoms with Gasteiger partial charge in [0.1, 0.15) is 0 Å². The summed E-state index contributed by atoms with van der Waals surface area (Å²) in [6.07, 6.45) is 10.5. The van der Waals surface area contributed by atoms with E-state index >= 15 is 0 Å². The predicted octanol–water partition coefficient (Wildman–Crippen LogP) is 5.49. The van der Waals surface area contributed by atoms with Crippen molar-refractivity contribution < 1.29 is 23.0 Å². The molecule has 0 N–H and O–H groups in total. The van der Waals surface area contributed by atoms with E-state index in [1.165, 1.54) is 25.3 Å². The summed E-state index contributed by atoms with van der Waals surface area (Å²) >= 11 is 0. The Kier molecular flexibility index (Phi) is 4.95. The van der Waals surface area contributed by atoms with Crippen molar-refractivity contribution in [1.82, 2.24) is 0 Å². The molecular weight excluding hydrogens is 350 g/mol. The highest BCUT2D eigenvalue weighted by Gasteiger charge is 2.53. The Morgan fingerprint density at radius 3 is 2.33 bits per heavy atom. The lowest BCUT2D eigenvalue weighted by Crippen LogP contribution is -2.49. The molecule has 1 aromatic rings. The van der Waals surface area contributed by atoms with Gasteiger partial charge in [0, 0.05) is 5.41 Å². The second-order valence-corrected chi connectivity index (χ2v) is 8.41. The largest absolute Gasteiger partial charge is 0.490 e. The Morgan fingerprint density at radius 2 is 1.78 bits per heavy atom. The molecule has 146 valence electrons. The van der Waals surface area contributed by atoms with E-state index in [0.29, 0.717) is 6.61 Å². The fourth-order valence-electron chi connectivity index (χ4n) is 5.85. The van der Waals surface area contributed by atoms with Crippen LogP contribution in [0.2, 0.25) is 0 Å².